The van der Waals surface area contributed by atoms with E-state index >= 15 is 0 Å². The SMILES string of the molecule is CC(NC(=O)CN1C(=O)NC(C)(c2cccs2)C1=O)c1ccco1. The zero-order valence-corrected chi connectivity index (χ0v) is 14.1. The Hall–Kier alpha value is -2.61. The summed E-state index contributed by atoms with van der Waals surface area (Å²) in [4.78, 5) is 38.6. The third kappa shape index (κ3) is 2.80. The lowest BCUT2D eigenvalue weighted by molar-refractivity contribution is -0.135. The second-order valence-electron chi connectivity index (χ2n) is 5.73. The lowest BCUT2D eigenvalue weighted by Gasteiger charge is -2.20. The van der Waals surface area contributed by atoms with Gasteiger partial charge in [0.15, 0.2) is 5.54 Å². The Kier molecular flexibility index (Phi) is 4.15. The Morgan fingerprint density at radius 2 is 2.21 bits per heavy atom. The zero-order chi connectivity index (χ0) is 17.3. The van der Waals surface area contributed by atoms with Crippen LogP contribution >= 0.6 is 11.3 Å². The molecule has 24 heavy (non-hydrogen) atoms. The van der Waals surface area contributed by atoms with Gasteiger partial charge < -0.3 is 15.1 Å². The first-order valence-corrected chi connectivity index (χ1v) is 8.30. The Bertz CT molecular complexity index is 756. The minimum Gasteiger partial charge on any atom is -0.467 e. The van der Waals surface area contributed by atoms with E-state index in [9.17, 15) is 14.4 Å². The number of hydrogen-bond acceptors (Lipinski definition) is 5. The molecule has 0 spiro atoms. The zero-order valence-electron chi connectivity index (χ0n) is 13.2. The molecule has 0 saturated carbocycles. The van der Waals surface area contributed by atoms with Crippen molar-refractivity contribution in [1.29, 1.82) is 0 Å². The number of rotatable bonds is 5. The molecular weight excluding hydrogens is 330 g/mol. The first-order chi connectivity index (χ1) is 11.4. The minimum atomic E-state index is -1.13. The van der Waals surface area contributed by atoms with Crippen LogP contribution in [0.3, 0.4) is 0 Å². The molecule has 0 aromatic carbocycles. The van der Waals surface area contributed by atoms with Crippen molar-refractivity contribution in [3.63, 3.8) is 0 Å². The van der Waals surface area contributed by atoms with E-state index in [2.05, 4.69) is 10.6 Å². The second-order valence-corrected chi connectivity index (χ2v) is 6.68. The van der Waals surface area contributed by atoms with Gasteiger partial charge in [-0.05, 0) is 37.4 Å². The van der Waals surface area contributed by atoms with Gasteiger partial charge in [0.25, 0.3) is 5.91 Å². The number of urea groups is 1. The third-order valence-electron chi connectivity index (χ3n) is 3.94. The molecule has 4 amide bonds. The van der Waals surface area contributed by atoms with Gasteiger partial charge in [-0.25, -0.2) is 4.79 Å². The fourth-order valence-electron chi connectivity index (χ4n) is 2.61. The Morgan fingerprint density at radius 3 is 2.83 bits per heavy atom. The highest BCUT2D eigenvalue weighted by Crippen LogP contribution is 2.31. The van der Waals surface area contributed by atoms with Gasteiger partial charge in [-0.3, -0.25) is 14.5 Å². The van der Waals surface area contributed by atoms with Gasteiger partial charge in [0.2, 0.25) is 5.91 Å². The van der Waals surface area contributed by atoms with Crippen molar-refractivity contribution < 1.29 is 18.8 Å². The summed E-state index contributed by atoms with van der Waals surface area (Å²) in [6.45, 7) is 3.07. The van der Waals surface area contributed by atoms with Crippen LogP contribution in [0.2, 0.25) is 0 Å². The van der Waals surface area contributed by atoms with Crippen LogP contribution in [0.5, 0.6) is 0 Å². The minimum absolute atomic E-state index is 0.337. The Labute approximate surface area is 142 Å². The lowest BCUT2D eigenvalue weighted by Crippen LogP contribution is -2.43. The molecule has 3 rings (SSSR count). The van der Waals surface area contributed by atoms with Gasteiger partial charge in [-0.2, -0.15) is 0 Å². The highest BCUT2D eigenvalue weighted by atomic mass is 32.1. The topological polar surface area (TPSA) is 91.7 Å². The van der Waals surface area contributed by atoms with Crippen molar-refractivity contribution in [2.45, 2.75) is 25.4 Å². The number of hydrogen-bond donors (Lipinski definition) is 2. The number of amides is 4. The molecule has 126 valence electrons. The van der Waals surface area contributed by atoms with E-state index in [4.69, 9.17) is 4.42 Å². The lowest BCUT2D eigenvalue weighted by atomic mass is 10.0. The molecule has 0 radical (unpaired) electrons. The van der Waals surface area contributed by atoms with Gasteiger partial charge in [0, 0.05) is 4.88 Å². The summed E-state index contributed by atoms with van der Waals surface area (Å²) < 4.78 is 5.22. The van der Waals surface area contributed by atoms with Crippen molar-refractivity contribution >= 4 is 29.2 Å². The van der Waals surface area contributed by atoms with Crippen LogP contribution in [0.15, 0.2) is 40.3 Å². The van der Waals surface area contributed by atoms with Crippen molar-refractivity contribution in [2.24, 2.45) is 0 Å². The van der Waals surface area contributed by atoms with E-state index in [1.807, 2.05) is 11.4 Å². The van der Waals surface area contributed by atoms with Crippen LogP contribution in [0, 0.1) is 0 Å². The molecule has 0 bridgehead atoms. The molecule has 1 fully saturated rings. The summed E-state index contributed by atoms with van der Waals surface area (Å²) in [6, 6.07) is 6.14. The monoisotopic (exact) mass is 347 g/mol. The number of furan rings is 1. The van der Waals surface area contributed by atoms with E-state index < -0.39 is 23.4 Å². The van der Waals surface area contributed by atoms with Gasteiger partial charge in [-0.1, -0.05) is 6.07 Å². The van der Waals surface area contributed by atoms with Crippen molar-refractivity contribution in [2.75, 3.05) is 6.54 Å². The van der Waals surface area contributed by atoms with Gasteiger partial charge >= 0.3 is 6.03 Å². The molecule has 2 aromatic heterocycles. The van der Waals surface area contributed by atoms with Crippen LogP contribution in [0.1, 0.15) is 30.5 Å². The molecule has 1 aliphatic rings. The number of imide groups is 1. The first-order valence-electron chi connectivity index (χ1n) is 7.42. The summed E-state index contributed by atoms with van der Waals surface area (Å²) in [7, 11) is 0. The Morgan fingerprint density at radius 1 is 1.42 bits per heavy atom. The third-order valence-corrected chi connectivity index (χ3v) is 5.03. The maximum atomic E-state index is 12.6. The largest absolute Gasteiger partial charge is 0.467 e. The molecule has 2 N–H and O–H groups in total. The molecule has 0 aliphatic carbocycles. The number of thiophene rings is 1. The van der Waals surface area contributed by atoms with Gasteiger partial charge in [0.1, 0.15) is 12.3 Å². The van der Waals surface area contributed by atoms with E-state index in [0.29, 0.717) is 5.76 Å². The number of nitrogens with one attached hydrogen (secondary N) is 2. The normalized spacial score (nSPS) is 21.7. The van der Waals surface area contributed by atoms with Crippen LogP contribution < -0.4 is 10.6 Å². The standard InChI is InChI=1S/C16H17N3O4S/c1-10(11-5-3-7-23-11)17-13(20)9-19-14(21)16(2,18-15(19)22)12-6-4-8-24-12/h3-8,10H,9H2,1-2H3,(H,17,20)(H,18,22). The van der Waals surface area contributed by atoms with Crippen molar-refractivity contribution in [3.8, 4) is 0 Å². The first kappa shape index (κ1) is 16.3. The predicted octanol–water partition coefficient (Wildman–Crippen LogP) is 1.99. The molecule has 3 heterocycles. The molecule has 1 saturated heterocycles. The van der Waals surface area contributed by atoms with Gasteiger partial charge in [0.05, 0.1) is 12.3 Å². The maximum absolute atomic E-state index is 12.6. The highest BCUT2D eigenvalue weighted by Gasteiger charge is 2.50. The summed E-state index contributed by atoms with van der Waals surface area (Å²) >= 11 is 1.38. The number of nitrogens with zero attached hydrogens (tertiary/aromatic N) is 1. The van der Waals surface area contributed by atoms with Crippen LogP contribution in [0.25, 0.3) is 0 Å². The fraction of sp³-hybridized carbons (Fsp3) is 0.312. The smallest absolute Gasteiger partial charge is 0.325 e. The summed E-state index contributed by atoms with van der Waals surface area (Å²) in [5, 5.41) is 7.21. The second kappa shape index (κ2) is 6.12. The van der Waals surface area contributed by atoms with Crippen molar-refractivity contribution in [3.05, 3.63) is 46.5 Å². The van der Waals surface area contributed by atoms with E-state index in [-0.39, 0.29) is 12.6 Å². The number of carbonyl (C=O) groups is 3. The number of carbonyl (C=O) groups excluding carboxylic acids is 3. The molecule has 2 atom stereocenters. The predicted molar refractivity (Wildman–Crippen MR) is 87.2 cm³/mol. The van der Waals surface area contributed by atoms with E-state index in [1.165, 1.54) is 17.6 Å². The average molecular weight is 347 g/mol. The van der Waals surface area contributed by atoms with Crippen LogP contribution in [0.4, 0.5) is 4.79 Å². The van der Waals surface area contributed by atoms with E-state index in [1.54, 1.807) is 32.0 Å². The molecular formula is C16H17N3O4S. The van der Waals surface area contributed by atoms with Gasteiger partial charge in [-0.15, -0.1) is 11.3 Å². The fourth-order valence-corrected chi connectivity index (χ4v) is 3.45. The molecule has 1 aliphatic heterocycles. The molecule has 8 heteroatoms. The summed E-state index contributed by atoms with van der Waals surface area (Å²) in [6.07, 6.45) is 1.52. The maximum Gasteiger partial charge on any atom is 0.325 e. The van der Waals surface area contributed by atoms with Crippen LogP contribution in [-0.2, 0) is 15.1 Å². The molecule has 2 unspecified atom stereocenters. The van der Waals surface area contributed by atoms with Crippen molar-refractivity contribution in [1.82, 2.24) is 15.5 Å². The molecule has 7 nitrogen and oxygen atoms in total. The Balaban J connectivity index is 1.68. The average Bonchev–Trinajstić information content (AvgIpc) is 3.26. The quantitative estimate of drug-likeness (QED) is 0.809. The van der Waals surface area contributed by atoms with E-state index in [0.717, 1.165) is 9.78 Å². The summed E-state index contributed by atoms with van der Waals surface area (Å²) in [5.74, 6) is -0.266. The summed E-state index contributed by atoms with van der Waals surface area (Å²) in [5.41, 5.74) is -1.13. The highest BCUT2D eigenvalue weighted by molar-refractivity contribution is 7.10. The van der Waals surface area contributed by atoms with Crippen LogP contribution in [-0.4, -0.2) is 29.3 Å². The molecule has 2 aromatic rings.